The highest BCUT2D eigenvalue weighted by Gasteiger charge is 2.36. The van der Waals surface area contributed by atoms with E-state index in [-0.39, 0.29) is 29.4 Å². The fraction of sp³-hybridized carbons (Fsp3) is 0.227. The van der Waals surface area contributed by atoms with Crippen LogP contribution in [0.4, 0.5) is 8.78 Å². The van der Waals surface area contributed by atoms with Crippen LogP contribution in [-0.4, -0.2) is 47.1 Å². The molecule has 0 bridgehead atoms. The number of aromatic nitrogens is 6. The van der Waals surface area contributed by atoms with Crippen molar-refractivity contribution in [3.63, 3.8) is 0 Å². The highest BCUT2D eigenvalue weighted by atomic mass is 35.5. The first kappa shape index (κ1) is 21.2. The summed E-state index contributed by atoms with van der Waals surface area (Å²) in [6.45, 7) is 2.28. The van der Waals surface area contributed by atoms with Gasteiger partial charge in [-0.2, -0.15) is 9.78 Å². The van der Waals surface area contributed by atoms with Gasteiger partial charge in [-0.25, -0.2) is 13.8 Å². The first-order chi connectivity index (χ1) is 15.8. The van der Waals surface area contributed by atoms with E-state index in [1.165, 1.54) is 6.20 Å². The molecule has 4 aromatic rings. The molecule has 0 aliphatic carbocycles. The Balaban J connectivity index is 1.51. The second-order valence-corrected chi connectivity index (χ2v) is 8.19. The maximum atomic E-state index is 14.1. The summed E-state index contributed by atoms with van der Waals surface area (Å²) in [5.41, 5.74) is 2.89. The number of fused-ring (bicyclic) bond motifs is 1. The van der Waals surface area contributed by atoms with E-state index in [0.717, 1.165) is 27.6 Å². The molecule has 0 fully saturated rings. The number of benzene rings is 1. The lowest BCUT2D eigenvalue weighted by Crippen LogP contribution is -2.41. The minimum Gasteiger partial charge on any atom is -0.329 e. The number of aryl methyl sites for hydroxylation is 1. The van der Waals surface area contributed by atoms with Gasteiger partial charge >= 0.3 is 0 Å². The number of hydrogen-bond acceptors (Lipinski definition) is 5. The molecule has 11 heteroatoms. The molecule has 0 N–H and O–H groups in total. The molecule has 0 saturated heterocycles. The molecule has 33 heavy (non-hydrogen) atoms. The van der Waals surface area contributed by atoms with E-state index in [9.17, 15) is 13.6 Å². The second-order valence-electron chi connectivity index (χ2n) is 7.84. The van der Waals surface area contributed by atoms with Gasteiger partial charge in [0.2, 0.25) is 0 Å². The maximum absolute atomic E-state index is 14.1. The predicted octanol–water partition coefficient (Wildman–Crippen LogP) is 3.68. The summed E-state index contributed by atoms with van der Waals surface area (Å²) in [6.07, 6.45) is 3.86. The van der Waals surface area contributed by atoms with Crippen LogP contribution < -0.4 is 0 Å². The van der Waals surface area contributed by atoms with Crippen LogP contribution in [0.3, 0.4) is 0 Å². The zero-order valence-electron chi connectivity index (χ0n) is 17.7. The van der Waals surface area contributed by atoms with Crippen molar-refractivity contribution in [3.8, 4) is 5.82 Å². The van der Waals surface area contributed by atoms with E-state index < -0.39 is 11.6 Å². The van der Waals surface area contributed by atoms with Crippen LogP contribution in [0.1, 0.15) is 46.1 Å². The molecule has 168 valence electrons. The van der Waals surface area contributed by atoms with E-state index in [4.69, 9.17) is 11.6 Å². The minimum atomic E-state index is -0.912. The first-order valence-electron chi connectivity index (χ1n) is 10.2. The van der Waals surface area contributed by atoms with Gasteiger partial charge in [0.25, 0.3) is 5.91 Å². The smallest absolute Gasteiger partial charge is 0.276 e. The summed E-state index contributed by atoms with van der Waals surface area (Å²) in [5, 5.41) is 12.5. The van der Waals surface area contributed by atoms with Gasteiger partial charge in [0.05, 0.1) is 24.6 Å². The lowest BCUT2D eigenvalue weighted by molar-refractivity contribution is 0.0659. The van der Waals surface area contributed by atoms with Crippen molar-refractivity contribution < 1.29 is 13.6 Å². The van der Waals surface area contributed by atoms with Crippen LogP contribution >= 0.6 is 11.6 Å². The van der Waals surface area contributed by atoms with Crippen molar-refractivity contribution in [3.05, 3.63) is 88.1 Å². The molecule has 4 heterocycles. The maximum Gasteiger partial charge on any atom is 0.276 e. The van der Waals surface area contributed by atoms with E-state index in [1.807, 2.05) is 31.2 Å². The van der Waals surface area contributed by atoms with Gasteiger partial charge in [-0.1, -0.05) is 41.1 Å². The Morgan fingerprint density at radius 3 is 2.61 bits per heavy atom. The number of carbonyl (C=O) groups is 1. The molecular formula is C22H18ClF2N7O. The largest absolute Gasteiger partial charge is 0.329 e. The number of rotatable bonds is 3. The molecule has 2 atom stereocenters. The van der Waals surface area contributed by atoms with Gasteiger partial charge in [0.15, 0.2) is 17.3 Å². The number of hydrogen-bond donors (Lipinski definition) is 0. The Morgan fingerprint density at radius 2 is 1.91 bits per heavy atom. The molecule has 1 aliphatic heterocycles. The molecule has 0 spiro atoms. The monoisotopic (exact) mass is 469 g/mol. The molecule has 8 nitrogen and oxygen atoms in total. The van der Waals surface area contributed by atoms with Gasteiger partial charge in [-0.3, -0.25) is 9.48 Å². The van der Waals surface area contributed by atoms with Crippen molar-refractivity contribution in [1.82, 2.24) is 34.7 Å². The third-order valence-corrected chi connectivity index (χ3v) is 6.38. The second kappa shape index (κ2) is 8.04. The molecule has 3 aromatic heterocycles. The SMILES string of the molecule is CC1c2ccccc2C(c2cnn(C)c2Cl)CN1C(=O)c1cn(-c2ncc(F)cc2F)nn1. The number of amides is 1. The van der Waals surface area contributed by atoms with Crippen molar-refractivity contribution in [2.75, 3.05) is 6.54 Å². The number of halogens is 3. The van der Waals surface area contributed by atoms with E-state index in [0.29, 0.717) is 17.8 Å². The number of nitrogens with zero attached hydrogens (tertiary/aromatic N) is 7. The normalized spacial score (nSPS) is 17.8. The van der Waals surface area contributed by atoms with Gasteiger partial charge in [-0.05, 0) is 18.1 Å². The molecule has 0 radical (unpaired) electrons. The van der Waals surface area contributed by atoms with Crippen molar-refractivity contribution in [2.24, 2.45) is 7.05 Å². The minimum absolute atomic E-state index is 0.0165. The third-order valence-electron chi connectivity index (χ3n) is 5.91. The zero-order valence-corrected chi connectivity index (χ0v) is 18.4. The fourth-order valence-electron chi connectivity index (χ4n) is 4.22. The Morgan fingerprint density at radius 1 is 1.15 bits per heavy atom. The summed E-state index contributed by atoms with van der Waals surface area (Å²) < 4.78 is 29.9. The summed E-state index contributed by atoms with van der Waals surface area (Å²) in [6, 6.07) is 8.33. The van der Waals surface area contributed by atoms with Gasteiger partial charge in [0, 0.05) is 31.1 Å². The summed E-state index contributed by atoms with van der Waals surface area (Å²) >= 11 is 6.49. The lowest BCUT2D eigenvalue weighted by atomic mass is 9.82. The summed E-state index contributed by atoms with van der Waals surface area (Å²) in [5.74, 6) is -2.54. The first-order valence-corrected chi connectivity index (χ1v) is 10.5. The number of pyridine rings is 1. The van der Waals surface area contributed by atoms with E-state index in [1.54, 1.807) is 22.8 Å². The van der Waals surface area contributed by atoms with Crippen LogP contribution in [0.2, 0.25) is 5.15 Å². The highest BCUT2D eigenvalue weighted by molar-refractivity contribution is 6.30. The van der Waals surface area contributed by atoms with E-state index >= 15 is 0 Å². The summed E-state index contributed by atoms with van der Waals surface area (Å²) in [4.78, 5) is 18.8. The molecule has 1 amide bonds. The fourth-order valence-corrected chi connectivity index (χ4v) is 4.44. The van der Waals surface area contributed by atoms with Crippen molar-refractivity contribution in [2.45, 2.75) is 18.9 Å². The molecule has 5 rings (SSSR count). The lowest BCUT2D eigenvalue weighted by Gasteiger charge is -2.39. The van der Waals surface area contributed by atoms with Crippen LogP contribution in [-0.2, 0) is 7.05 Å². The van der Waals surface area contributed by atoms with Gasteiger partial charge in [0.1, 0.15) is 11.0 Å². The Kier molecular flexibility index (Phi) is 5.16. The number of carbonyl (C=O) groups excluding carboxylic acids is 1. The molecule has 0 saturated carbocycles. The molecule has 1 aliphatic rings. The zero-order chi connectivity index (χ0) is 23.3. The third kappa shape index (κ3) is 3.56. The predicted molar refractivity (Wildman–Crippen MR) is 115 cm³/mol. The molecule has 1 aromatic carbocycles. The van der Waals surface area contributed by atoms with Crippen molar-refractivity contribution in [1.29, 1.82) is 0 Å². The summed E-state index contributed by atoms with van der Waals surface area (Å²) in [7, 11) is 1.76. The van der Waals surface area contributed by atoms with Gasteiger partial charge in [-0.15, -0.1) is 5.10 Å². The van der Waals surface area contributed by atoms with Crippen LogP contribution in [0.15, 0.2) is 48.9 Å². The van der Waals surface area contributed by atoms with E-state index in [2.05, 4.69) is 20.4 Å². The Labute approximate surface area is 192 Å². The average molecular weight is 470 g/mol. The average Bonchev–Trinajstić information content (AvgIpc) is 3.41. The topological polar surface area (TPSA) is 81.7 Å². The Hall–Kier alpha value is -3.66. The van der Waals surface area contributed by atoms with Crippen LogP contribution in [0, 0.1) is 11.6 Å². The molecule has 2 unspecified atom stereocenters. The Bertz CT molecular complexity index is 1370. The quantitative estimate of drug-likeness (QED) is 0.457. The van der Waals surface area contributed by atoms with Crippen LogP contribution in [0.25, 0.3) is 5.82 Å². The van der Waals surface area contributed by atoms with Crippen LogP contribution in [0.5, 0.6) is 0 Å². The highest BCUT2D eigenvalue weighted by Crippen LogP contribution is 2.41. The van der Waals surface area contributed by atoms with Gasteiger partial charge < -0.3 is 4.90 Å². The standard InChI is InChI=1S/C22H18ClF2N7O/c1-12-14-5-3-4-6-15(14)17(16-9-27-30(2)20(16)23)10-31(12)22(33)19-11-32(29-28-19)21-18(25)7-13(24)8-26-21/h3-9,11-12,17H,10H2,1-2H3. The van der Waals surface area contributed by atoms with Crippen molar-refractivity contribution >= 4 is 17.5 Å². The molecular weight excluding hydrogens is 452 g/mol.